The van der Waals surface area contributed by atoms with E-state index in [2.05, 4.69) is 15.3 Å². The molecule has 1 amide bonds. The third-order valence-electron chi connectivity index (χ3n) is 5.71. The summed E-state index contributed by atoms with van der Waals surface area (Å²) in [5, 5.41) is 8.21. The van der Waals surface area contributed by atoms with Crippen molar-refractivity contribution in [3.05, 3.63) is 81.1 Å². The number of para-hydroxylation sites is 1. The van der Waals surface area contributed by atoms with Crippen molar-refractivity contribution in [2.45, 2.75) is 26.7 Å². The molecule has 0 aliphatic carbocycles. The molecule has 1 N–H and O–H groups in total. The van der Waals surface area contributed by atoms with E-state index in [-0.39, 0.29) is 17.4 Å². The smallest absolute Gasteiger partial charge is 0.271 e. The molecule has 0 spiro atoms. The number of aryl methyl sites for hydroxylation is 2. The highest BCUT2D eigenvalue weighted by molar-refractivity contribution is 6.31. The Morgan fingerprint density at radius 2 is 1.90 bits per heavy atom. The second-order valence-electron chi connectivity index (χ2n) is 7.96. The number of hydrogen-bond acceptors (Lipinski definition) is 4. The van der Waals surface area contributed by atoms with E-state index in [1.54, 1.807) is 12.1 Å². The first-order valence-corrected chi connectivity index (χ1v) is 10.8. The Hall–Kier alpha value is -3.12. The molecule has 1 aromatic heterocycles. The van der Waals surface area contributed by atoms with Crippen LogP contribution in [0.4, 0.5) is 11.5 Å². The Kier molecular flexibility index (Phi) is 6.09. The molecule has 4 rings (SSSR count). The summed E-state index contributed by atoms with van der Waals surface area (Å²) in [6, 6.07) is 16.4. The van der Waals surface area contributed by atoms with Crippen molar-refractivity contribution in [1.82, 2.24) is 9.78 Å². The van der Waals surface area contributed by atoms with Crippen LogP contribution in [0, 0.1) is 19.8 Å². The van der Waals surface area contributed by atoms with Crippen LogP contribution in [0.5, 0.6) is 0 Å². The zero-order valence-electron chi connectivity index (χ0n) is 17.6. The van der Waals surface area contributed by atoms with Crippen LogP contribution in [-0.4, -0.2) is 28.8 Å². The number of hydrogen-bond donors (Lipinski definition) is 1. The van der Waals surface area contributed by atoms with Crippen molar-refractivity contribution in [3.63, 3.8) is 0 Å². The molecule has 2 heterocycles. The van der Waals surface area contributed by atoms with Crippen molar-refractivity contribution in [3.8, 4) is 5.69 Å². The maximum absolute atomic E-state index is 12.9. The zero-order valence-corrected chi connectivity index (χ0v) is 18.4. The minimum absolute atomic E-state index is 0.0117. The Bertz CT molecular complexity index is 1170. The molecule has 3 aromatic rings. The van der Waals surface area contributed by atoms with Crippen LogP contribution in [0.3, 0.4) is 0 Å². The maximum Gasteiger partial charge on any atom is 0.271 e. The number of carbonyl (C=O) groups is 1. The summed E-state index contributed by atoms with van der Waals surface area (Å²) in [6.45, 7) is 5.23. The second-order valence-corrected chi connectivity index (χ2v) is 8.37. The third kappa shape index (κ3) is 4.64. The molecule has 31 heavy (non-hydrogen) atoms. The number of nitrogens with one attached hydrogen (secondary N) is 1. The van der Waals surface area contributed by atoms with Crippen LogP contribution in [0.1, 0.15) is 24.0 Å². The van der Waals surface area contributed by atoms with Gasteiger partial charge in [0, 0.05) is 29.9 Å². The minimum atomic E-state index is -0.227. The fraction of sp³-hybridized carbons (Fsp3) is 0.292. The molecule has 1 fully saturated rings. The minimum Gasteiger partial charge on any atom is -0.354 e. The van der Waals surface area contributed by atoms with Crippen LogP contribution in [0.25, 0.3) is 5.69 Å². The van der Waals surface area contributed by atoms with E-state index in [0.29, 0.717) is 23.1 Å². The summed E-state index contributed by atoms with van der Waals surface area (Å²) in [5.41, 5.74) is 3.21. The Morgan fingerprint density at radius 3 is 2.68 bits per heavy atom. The number of piperidine rings is 1. The second kappa shape index (κ2) is 8.94. The van der Waals surface area contributed by atoms with Gasteiger partial charge in [0.05, 0.1) is 11.6 Å². The van der Waals surface area contributed by atoms with Gasteiger partial charge < -0.3 is 10.2 Å². The monoisotopic (exact) mass is 436 g/mol. The van der Waals surface area contributed by atoms with E-state index in [4.69, 9.17) is 11.6 Å². The molecular weight excluding hydrogens is 412 g/mol. The van der Waals surface area contributed by atoms with E-state index < -0.39 is 0 Å². The van der Waals surface area contributed by atoms with Gasteiger partial charge in [0.15, 0.2) is 0 Å². The van der Waals surface area contributed by atoms with E-state index in [0.717, 1.165) is 36.2 Å². The van der Waals surface area contributed by atoms with Crippen LogP contribution in [-0.2, 0) is 4.79 Å². The molecule has 1 aliphatic heterocycles. The topological polar surface area (TPSA) is 67.2 Å². The number of carbonyl (C=O) groups excluding carboxylic acids is 1. The lowest BCUT2D eigenvalue weighted by molar-refractivity contribution is -0.120. The summed E-state index contributed by atoms with van der Waals surface area (Å²) >= 11 is 6.24. The molecule has 0 radical (unpaired) electrons. The molecule has 1 atom stereocenters. The van der Waals surface area contributed by atoms with E-state index in [9.17, 15) is 9.59 Å². The lowest BCUT2D eigenvalue weighted by atomic mass is 9.97. The largest absolute Gasteiger partial charge is 0.354 e. The number of halogens is 1. The lowest BCUT2D eigenvalue weighted by Gasteiger charge is -2.33. The first kappa shape index (κ1) is 21.1. The van der Waals surface area contributed by atoms with Gasteiger partial charge in [-0.2, -0.15) is 4.68 Å². The zero-order chi connectivity index (χ0) is 22.0. The van der Waals surface area contributed by atoms with Crippen LogP contribution < -0.4 is 15.8 Å². The summed E-state index contributed by atoms with van der Waals surface area (Å²) in [4.78, 5) is 27.4. The Labute approximate surface area is 186 Å². The van der Waals surface area contributed by atoms with Crippen molar-refractivity contribution in [1.29, 1.82) is 0 Å². The predicted octanol–water partition coefficient (Wildman–Crippen LogP) is 4.36. The average Bonchev–Trinajstić information content (AvgIpc) is 2.78. The lowest BCUT2D eigenvalue weighted by Crippen LogP contribution is -2.41. The van der Waals surface area contributed by atoms with Crippen molar-refractivity contribution >= 4 is 29.0 Å². The fourth-order valence-electron chi connectivity index (χ4n) is 3.82. The highest BCUT2D eigenvalue weighted by Crippen LogP contribution is 2.24. The summed E-state index contributed by atoms with van der Waals surface area (Å²) < 4.78 is 1.36. The van der Waals surface area contributed by atoms with E-state index in [1.165, 1.54) is 10.7 Å². The van der Waals surface area contributed by atoms with E-state index in [1.807, 2.05) is 50.2 Å². The van der Waals surface area contributed by atoms with Gasteiger partial charge in [-0.3, -0.25) is 9.59 Å². The van der Waals surface area contributed by atoms with Gasteiger partial charge in [-0.25, -0.2) is 0 Å². The third-order valence-corrected chi connectivity index (χ3v) is 6.11. The van der Waals surface area contributed by atoms with Gasteiger partial charge in [0.25, 0.3) is 5.56 Å². The van der Waals surface area contributed by atoms with Gasteiger partial charge in [-0.05, 0) is 62.1 Å². The quantitative estimate of drug-likeness (QED) is 0.660. The van der Waals surface area contributed by atoms with Crippen molar-refractivity contribution < 1.29 is 4.79 Å². The number of aromatic nitrogens is 2. The van der Waals surface area contributed by atoms with Gasteiger partial charge in [-0.15, -0.1) is 5.10 Å². The first-order valence-electron chi connectivity index (χ1n) is 10.4. The van der Waals surface area contributed by atoms with Gasteiger partial charge in [0.2, 0.25) is 5.91 Å². The summed E-state index contributed by atoms with van der Waals surface area (Å²) in [7, 11) is 0. The molecule has 6 nitrogen and oxygen atoms in total. The normalized spacial score (nSPS) is 16.2. The molecule has 7 heteroatoms. The SMILES string of the molecule is Cc1ccc(-n2nc(N3CCC[C@@H](C(=O)Nc4ccccc4C)C3)ccc2=O)cc1Cl. The van der Waals surface area contributed by atoms with Crippen LogP contribution in [0.15, 0.2) is 59.4 Å². The molecule has 0 saturated carbocycles. The van der Waals surface area contributed by atoms with Crippen molar-refractivity contribution in [2.75, 3.05) is 23.3 Å². The number of amides is 1. The van der Waals surface area contributed by atoms with Gasteiger partial charge in [0.1, 0.15) is 5.82 Å². The highest BCUT2D eigenvalue weighted by atomic mass is 35.5. The fourth-order valence-corrected chi connectivity index (χ4v) is 3.99. The van der Waals surface area contributed by atoms with Crippen LogP contribution >= 0.6 is 11.6 Å². The molecule has 0 unspecified atom stereocenters. The van der Waals surface area contributed by atoms with E-state index >= 15 is 0 Å². The maximum atomic E-state index is 12.9. The average molecular weight is 437 g/mol. The summed E-state index contributed by atoms with van der Waals surface area (Å²) in [5.74, 6) is 0.534. The molecule has 1 saturated heterocycles. The molecular formula is C24H25ClN4O2. The molecule has 0 bridgehead atoms. The molecule has 2 aromatic carbocycles. The number of anilines is 2. The number of benzene rings is 2. The number of rotatable bonds is 4. The van der Waals surface area contributed by atoms with Crippen molar-refractivity contribution in [2.24, 2.45) is 5.92 Å². The Morgan fingerprint density at radius 1 is 1.10 bits per heavy atom. The molecule has 160 valence electrons. The van der Waals surface area contributed by atoms with Gasteiger partial charge in [-0.1, -0.05) is 35.9 Å². The Balaban J connectivity index is 1.54. The summed E-state index contributed by atoms with van der Waals surface area (Å²) in [6.07, 6.45) is 1.70. The first-order chi connectivity index (χ1) is 14.9. The van der Waals surface area contributed by atoms with Crippen LogP contribution in [0.2, 0.25) is 5.02 Å². The predicted molar refractivity (Wildman–Crippen MR) is 124 cm³/mol. The number of nitrogens with zero attached hydrogens (tertiary/aromatic N) is 3. The van der Waals surface area contributed by atoms with Gasteiger partial charge >= 0.3 is 0 Å². The highest BCUT2D eigenvalue weighted by Gasteiger charge is 2.27. The standard InChI is InChI=1S/C24H25ClN4O2/c1-16-9-10-19(14-20(16)25)29-23(30)12-11-22(27-29)28-13-5-7-18(15-28)24(31)26-21-8-4-3-6-17(21)2/h3-4,6,8-12,14,18H,5,7,13,15H2,1-2H3,(H,26,31)/t18-/m1/s1. The molecule has 1 aliphatic rings.